The van der Waals surface area contributed by atoms with Crippen molar-refractivity contribution in [3.05, 3.63) is 0 Å². The molecule has 0 aromatic heterocycles. The zero-order valence-corrected chi connectivity index (χ0v) is 12.5. The van der Waals surface area contributed by atoms with E-state index in [1.807, 2.05) is 0 Å². The number of rotatable bonds is 5. The number of hydrogen-bond acceptors (Lipinski definition) is 3. The topological polar surface area (TPSA) is 49.4 Å². The summed E-state index contributed by atoms with van der Waals surface area (Å²) in [6.07, 6.45) is 8.66. The first-order chi connectivity index (χ1) is 9.16. The Morgan fingerprint density at radius 2 is 1.58 bits per heavy atom. The lowest BCUT2D eigenvalue weighted by Gasteiger charge is -2.33. The molecule has 0 spiro atoms. The standard InChI is InChI=1S/C14H26N2O2S/c17-19(18,14-3-1-2-4-14)16-9-7-12(8-10-16)11-15-13-5-6-13/h12-15H,1-11H2. The van der Waals surface area contributed by atoms with E-state index in [-0.39, 0.29) is 5.25 Å². The van der Waals surface area contributed by atoms with E-state index in [2.05, 4.69) is 5.32 Å². The van der Waals surface area contributed by atoms with Gasteiger partial charge in [0.2, 0.25) is 10.0 Å². The van der Waals surface area contributed by atoms with Crippen molar-refractivity contribution in [2.24, 2.45) is 5.92 Å². The van der Waals surface area contributed by atoms with Crippen molar-refractivity contribution in [1.29, 1.82) is 0 Å². The predicted octanol–water partition coefficient (Wildman–Crippen LogP) is 1.72. The molecular weight excluding hydrogens is 260 g/mol. The first-order valence-corrected chi connectivity index (χ1v) is 9.39. The van der Waals surface area contributed by atoms with E-state index in [1.165, 1.54) is 12.8 Å². The van der Waals surface area contributed by atoms with Crippen molar-refractivity contribution in [1.82, 2.24) is 9.62 Å². The van der Waals surface area contributed by atoms with Crippen molar-refractivity contribution in [3.63, 3.8) is 0 Å². The third-order valence-electron chi connectivity index (χ3n) is 4.93. The van der Waals surface area contributed by atoms with Gasteiger partial charge in [-0.1, -0.05) is 12.8 Å². The number of sulfonamides is 1. The first kappa shape index (κ1) is 13.8. The van der Waals surface area contributed by atoms with Crippen LogP contribution in [0.15, 0.2) is 0 Å². The monoisotopic (exact) mass is 286 g/mol. The second-order valence-electron chi connectivity index (χ2n) is 6.48. The molecule has 0 unspecified atom stereocenters. The molecule has 0 aromatic rings. The van der Waals surface area contributed by atoms with Crippen molar-refractivity contribution >= 4 is 10.0 Å². The summed E-state index contributed by atoms with van der Waals surface area (Å²) in [6, 6.07) is 0.764. The van der Waals surface area contributed by atoms with Gasteiger partial charge in [0.1, 0.15) is 0 Å². The van der Waals surface area contributed by atoms with Crippen molar-refractivity contribution in [3.8, 4) is 0 Å². The lowest BCUT2D eigenvalue weighted by atomic mass is 9.98. The highest BCUT2D eigenvalue weighted by molar-refractivity contribution is 7.89. The molecule has 1 N–H and O–H groups in total. The minimum Gasteiger partial charge on any atom is -0.314 e. The molecule has 3 fully saturated rings. The van der Waals surface area contributed by atoms with E-state index in [9.17, 15) is 8.42 Å². The Hall–Kier alpha value is -0.130. The molecule has 1 saturated heterocycles. The number of nitrogens with zero attached hydrogens (tertiary/aromatic N) is 1. The van der Waals surface area contributed by atoms with Crippen LogP contribution in [-0.2, 0) is 10.0 Å². The van der Waals surface area contributed by atoms with Gasteiger partial charge in [-0.15, -0.1) is 0 Å². The maximum Gasteiger partial charge on any atom is 0.216 e. The first-order valence-electron chi connectivity index (χ1n) is 7.88. The molecular formula is C14H26N2O2S. The van der Waals surface area contributed by atoms with Gasteiger partial charge in [-0.2, -0.15) is 0 Å². The largest absolute Gasteiger partial charge is 0.314 e. The third kappa shape index (κ3) is 3.31. The molecule has 110 valence electrons. The molecule has 0 aromatic carbocycles. The third-order valence-corrected chi connectivity index (χ3v) is 7.33. The van der Waals surface area contributed by atoms with Gasteiger partial charge in [-0.3, -0.25) is 0 Å². The van der Waals surface area contributed by atoms with E-state index < -0.39 is 10.0 Å². The van der Waals surface area contributed by atoms with Crippen LogP contribution in [0.2, 0.25) is 0 Å². The minimum atomic E-state index is -2.99. The fourth-order valence-corrected chi connectivity index (χ4v) is 5.46. The minimum absolute atomic E-state index is 0.0753. The Labute approximate surface area is 117 Å². The molecule has 5 heteroatoms. The molecule has 4 nitrogen and oxygen atoms in total. The van der Waals surface area contributed by atoms with Crippen LogP contribution in [0.5, 0.6) is 0 Å². The molecule has 2 aliphatic carbocycles. The van der Waals surface area contributed by atoms with Gasteiger partial charge >= 0.3 is 0 Å². The smallest absolute Gasteiger partial charge is 0.216 e. The summed E-state index contributed by atoms with van der Waals surface area (Å²) >= 11 is 0. The molecule has 0 atom stereocenters. The molecule has 0 amide bonds. The molecule has 3 aliphatic rings. The lowest BCUT2D eigenvalue weighted by Crippen LogP contribution is -2.44. The molecule has 1 aliphatic heterocycles. The summed E-state index contributed by atoms with van der Waals surface area (Å²) in [5.74, 6) is 0.677. The fourth-order valence-electron chi connectivity index (χ4n) is 3.39. The van der Waals surface area contributed by atoms with Crippen molar-refractivity contribution in [2.45, 2.75) is 62.7 Å². The average molecular weight is 286 g/mol. The zero-order chi connectivity index (χ0) is 13.3. The Morgan fingerprint density at radius 1 is 0.947 bits per heavy atom. The van der Waals surface area contributed by atoms with Gasteiger partial charge in [-0.05, 0) is 51.0 Å². The number of piperidine rings is 1. The molecule has 3 rings (SSSR count). The van der Waals surface area contributed by atoms with Gasteiger partial charge in [0.05, 0.1) is 5.25 Å². The Bertz CT molecular complexity index is 392. The highest BCUT2D eigenvalue weighted by atomic mass is 32.2. The zero-order valence-electron chi connectivity index (χ0n) is 11.7. The maximum atomic E-state index is 12.5. The lowest BCUT2D eigenvalue weighted by molar-refractivity contribution is 0.265. The summed E-state index contributed by atoms with van der Waals surface area (Å²) in [5.41, 5.74) is 0. The molecule has 0 bridgehead atoms. The molecule has 2 saturated carbocycles. The predicted molar refractivity (Wildman–Crippen MR) is 76.5 cm³/mol. The quantitative estimate of drug-likeness (QED) is 0.837. The number of hydrogen-bond donors (Lipinski definition) is 1. The van der Waals surface area contributed by atoms with Crippen LogP contribution >= 0.6 is 0 Å². The Morgan fingerprint density at radius 3 is 2.16 bits per heavy atom. The summed E-state index contributed by atoms with van der Waals surface area (Å²) in [4.78, 5) is 0. The SMILES string of the molecule is O=S(=O)(C1CCCC1)N1CCC(CNC2CC2)CC1. The van der Waals surface area contributed by atoms with Crippen LogP contribution in [0.1, 0.15) is 51.4 Å². The van der Waals surface area contributed by atoms with Gasteiger partial charge in [0.25, 0.3) is 0 Å². The second kappa shape index (κ2) is 5.70. The van der Waals surface area contributed by atoms with Crippen LogP contribution in [0.3, 0.4) is 0 Å². The van der Waals surface area contributed by atoms with Crippen molar-refractivity contribution in [2.75, 3.05) is 19.6 Å². The van der Waals surface area contributed by atoms with Gasteiger partial charge in [0, 0.05) is 19.1 Å². The van der Waals surface area contributed by atoms with Gasteiger partial charge in [0.15, 0.2) is 0 Å². The summed E-state index contributed by atoms with van der Waals surface area (Å²) in [7, 11) is -2.99. The Kier molecular flexibility index (Phi) is 4.15. The fraction of sp³-hybridized carbons (Fsp3) is 1.00. The van der Waals surface area contributed by atoms with Crippen molar-refractivity contribution < 1.29 is 8.42 Å². The van der Waals surface area contributed by atoms with E-state index in [0.717, 1.165) is 64.2 Å². The van der Waals surface area contributed by atoms with E-state index in [4.69, 9.17) is 0 Å². The van der Waals surface area contributed by atoms with Crippen LogP contribution in [0.4, 0.5) is 0 Å². The summed E-state index contributed by atoms with van der Waals surface area (Å²) in [5, 5.41) is 3.49. The van der Waals surface area contributed by atoms with Crippen LogP contribution < -0.4 is 5.32 Å². The normalized spacial score (nSPS) is 28.0. The average Bonchev–Trinajstić information content (AvgIpc) is 3.07. The molecule has 0 radical (unpaired) electrons. The number of nitrogens with one attached hydrogen (secondary N) is 1. The van der Waals surface area contributed by atoms with Crippen LogP contribution in [0.25, 0.3) is 0 Å². The highest BCUT2D eigenvalue weighted by Crippen LogP contribution is 2.30. The van der Waals surface area contributed by atoms with Gasteiger partial charge in [-0.25, -0.2) is 12.7 Å². The van der Waals surface area contributed by atoms with E-state index >= 15 is 0 Å². The summed E-state index contributed by atoms with van der Waals surface area (Å²) in [6.45, 7) is 2.58. The van der Waals surface area contributed by atoms with Gasteiger partial charge < -0.3 is 5.32 Å². The molecule has 19 heavy (non-hydrogen) atoms. The van der Waals surface area contributed by atoms with Crippen LogP contribution in [0, 0.1) is 5.92 Å². The van der Waals surface area contributed by atoms with E-state index in [1.54, 1.807) is 4.31 Å². The van der Waals surface area contributed by atoms with E-state index in [0.29, 0.717) is 5.92 Å². The van der Waals surface area contributed by atoms with Crippen LogP contribution in [-0.4, -0.2) is 43.6 Å². The maximum absolute atomic E-state index is 12.5. The highest BCUT2D eigenvalue weighted by Gasteiger charge is 2.36. The molecule has 1 heterocycles. The summed E-state index contributed by atoms with van der Waals surface area (Å²) < 4.78 is 26.7. The Balaban J connectivity index is 1.48. The second-order valence-corrected chi connectivity index (χ2v) is 8.69.